The van der Waals surface area contributed by atoms with E-state index in [4.69, 9.17) is 4.74 Å². The molecule has 2 aromatic rings. The number of piperidine rings is 1. The van der Waals surface area contributed by atoms with E-state index in [0.717, 1.165) is 38.8 Å². The number of rotatable bonds is 5. The van der Waals surface area contributed by atoms with Gasteiger partial charge in [-0.3, -0.25) is 9.80 Å². The van der Waals surface area contributed by atoms with Crippen LogP contribution in [0.15, 0.2) is 42.7 Å². The Morgan fingerprint density at radius 2 is 1.92 bits per heavy atom. The SMILES string of the molecule is c1ccc(-n2cccn2)c(CN2CCC[C@@H](CN3CCOCC3)C2)c1. The van der Waals surface area contributed by atoms with E-state index in [0.29, 0.717) is 0 Å². The Labute approximate surface area is 150 Å². The minimum atomic E-state index is 0.781. The minimum absolute atomic E-state index is 0.781. The highest BCUT2D eigenvalue weighted by Gasteiger charge is 2.23. The second-order valence-electron chi connectivity index (χ2n) is 7.24. The Morgan fingerprint density at radius 3 is 2.76 bits per heavy atom. The maximum atomic E-state index is 5.48. The van der Waals surface area contributed by atoms with Crippen molar-refractivity contribution >= 4 is 0 Å². The van der Waals surface area contributed by atoms with Crippen molar-refractivity contribution < 1.29 is 4.74 Å². The first-order chi connectivity index (χ1) is 12.4. The van der Waals surface area contributed by atoms with Crippen LogP contribution < -0.4 is 0 Å². The predicted molar refractivity (Wildman–Crippen MR) is 98.8 cm³/mol. The molecule has 1 aromatic carbocycles. The van der Waals surface area contributed by atoms with Crippen molar-refractivity contribution in [3.05, 3.63) is 48.3 Å². The highest BCUT2D eigenvalue weighted by atomic mass is 16.5. The van der Waals surface area contributed by atoms with Crippen LogP contribution in [-0.2, 0) is 11.3 Å². The minimum Gasteiger partial charge on any atom is -0.379 e. The molecule has 5 nitrogen and oxygen atoms in total. The van der Waals surface area contributed by atoms with Gasteiger partial charge in [-0.25, -0.2) is 4.68 Å². The summed E-state index contributed by atoms with van der Waals surface area (Å²) >= 11 is 0. The van der Waals surface area contributed by atoms with Crippen LogP contribution in [0.2, 0.25) is 0 Å². The van der Waals surface area contributed by atoms with Gasteiger partial charge < -0.3 is 4.74 Å². The molecule has 2 saturated heterocycles. The van der Waals surface area contributed by atoms with Gasteiger partial charge in [-0.2, -0.15) is 5.10 Å². The van der Waals surface area contributed by atoms with Crippen LogP contribution in [0.3, 0.4) is 0 Å². The van der Waals surface area contributed by atoms with Crippen molar-refractivity contribution in [1.82, 2.24) is 19.6 Å². The summed E-state index contributed by atoms with van der Waals surface area (Å²) in [5.41, 5.74) is 2.56. The van der Waals surface area contributed by atoms with Gasteiger partial charge in [0.05, 0.1) is 18.9 Å². The van der Waals surface area contributed by atoms with Crippen LogP contribution in [0.1, 0.15) is 18.4 Å². The number of morpholine rings is 1. The molecule has 0 radical (unpaired) electrons. The lowest BCUT2D eigenvalue weighted by Crippen LogP contribution is -2.44. The number of aromatic nitrogens is 2. The molecule has 134 valence electrons. The van der Waals surface area contributed by atoms with Gasteiger partial charge in [0, 0.05) is 45.1 Å². The molecule has 3 heterocycles. The number of nitrogens with zero attached hydrogens (tertiary/aromatic N) is 4. The molecule has 0 unspecified atom stereocenters. The standard InChI is InChI=1S/C20H28N4O/c1-2-7-20(24-10-4-8-21-24)19(6-1)17-23-9-3-5-18(16-23)15-22-11-13-25-14-12-22/h1-2,4,6-8,10,18H,3,5,9,11-17H2/t18-/m0/s1. The molecule has 2 aliphatic rings. The maximum absolute atomic E-state index is 5.48. The smallest absolute Gasteiger partial charge is 0.0690 e. The summed E-state index contributed by atoms with van der Waals surface area (Å²) in [6, 6.07) is 10.6. The van der Waals surface area contributed by atoms with E-state index in [9.17, 15) is 0 Å². The summed E-state index contributed by atoms with van der Waals surface area (Å²) in [6.45, 7) is 8.62. The molecule has 25 heavy (non-hydrogen) atoms. The van der Waals surface area contributed by atoms with Crippen LogP contribution in [-0.4, -0.2) is 65.5 Å². The molecule has 0 amide bonds. The molecule has 1 aromatic heterocycles. The molecule has 5 heteroatoms. The van der Waals surface area contributed by atoms with Gasteiger partial charge in [0.1, 0.15) is 0 Å². The second-order valence-corrected chi connectivity index (χ2v) is 7.24. The van der Waals surface area contributed by atoms with Crippen molar-refractivity contribution in [2.75, 3.05) is 45.9 Å². The number of likely N-dealkylation sites (tertiary alicyclic amines) is 1. The van der Waals surface area contributed by atoms with Crippen molar-refractivity contribution in [2.24, 2.45) is 5.92 Å². The van der Waals surface area contributed by atoms with Crippen LogP contribution in [0.25, 0.3) is 5.69 Å². The first kappa shape index (κ1) is 16.8. The van der Waals surface area contributed by atoms with E-state index in [1.54, 1.807) is 0 Å². The molecule has 1 atom stereocenters. The first-order valence-electron chi connectivity index (χ1n) is 9.49. The van der Waals surface area contributed by atoms with Gasteiger partial charge >= 0.3 is 0 Å². The molecule has 0 aliphatic carbocycles. The normalized spacial score (nSPS) is 23.0. The average Bonchev–Trinajstić information content (AvgIpc) is 3.18. The number of hydrogen-bond donors (Lipinski definition) is 0. The Kier molecular flexibility index (Phi) is 5.45. The van der Waals surface area contributed by atoms with E-state index < -0.39 is 0 Å². The van der Waals surface area contributed by atoms with E-state index in [1.807, 2.05) is 23.1 Å². The maximum Gasteiger partial charge on any atom is 0.0690 e. The van der Waals surface area contributed by atoms with Crippen molar-refractivity contribution in [2.45, 2.75) is 19.4 Å². The summed E-state index contributed by atoms with van der Waals surface area (Å²) in [5, 5.41) is 4.41. The third-order valence-corrected chi connectivity index (χ3v) is 5.36. The van der Waals surface area contributed by atoms with E-state index in [-0.39, 0.29) is 0 Å². The summed E-state index contributed by atoms with van der Waals surface area (Å²) in [4.78, 5) is 5.20. The third kappa shape index (κ3) is 4.29. The van der Waals surface area contributed by atoms with Crippen LogP contribution in [0, 0.1) is 5.92 Å². The predicted octanol–water partition coefficient (Wildman–Crippen LogP) is 2.42. The zero-order valence-electron chi connectivity index (χ0n) is 14.9. The topological polar surface area (TPSA) is 33.5 Å². The number of hydrogen-bond acceptors (Lipinski definition) is 4. The van der Waals surface area contributed by atoms with Gasteiger partial charge in [-0.1, -0.05) is 18.2 Å². The average molecular weight is 340 g/mol. The van der Waals surface area contributed by atoms with Crippen LogP contribution >= 0.6 is 0 Å². The van der Waals surface area contributed by atoms with Crippen molar-refractivity contribution in [3.8, 4) is 5.69 Å². The van der Waals surface area contributed by atoms with Crippen LogP contribution in [0.4, 0.5) is 0 Å². The fourth-order valence-electron chi connectivity index (χ4n) is 4.11. The summed E-state index contributed by atoms with van der Waals surface area (Å²) in [7, 11) is 0. The Morgan fingerprint density at radius 1 is 1.04 bits per heavy atom. The summed E-state index contributed by atoms with van der Waals surface area (Å²) in [5.74, 6) is 0.781. The van der Waals surface area contributed by atoms with Gasteiger partial charge in [0.25, 0.3) is 0 Å². The summed E-state index contributed by atoms with van der Waals surface area (Å²) < 4.78 is 7.45. The van der Waals surface area contributed by atoms with Gasteiger partial charge in [-0.15, -0.1) is 0 Å². The molecular weight excluding hydrogens is 312 g/mol. The van der Waals surface area contributed by atoms with Gasteiger partial charge in [-0.05, 0) is 43.0 Å². The quantitative estimate of drug-likeness (QED) is 0.837. The number of ether oxygens (including phenoxy) is 1. The van der Waals surface area contributed by atoms with E-state index >= 15 is 0 Å². The summed E-state index contributed by atoms with van der Waals surface area (Å²) in [6.07, 6.45) is 6.53. The lowest BCUT2D eigenvalue weighted by atomic mass is 9.96. The fourth-order valence-corrected chi connectivity index (χ4v) is 4.11. The first-order valence-corrected chi connectivity index (χ1v) is 9.49. The molecule has 0 spiro atoms. The lowest BCUT2D eigenvalue weighted by molar-refractivity contribution is 0.0224. The zero-order chi connectivity index (χ0) is 16.9. The second kappa shape index (κ2) is 8.13. The highest BCUT2D eigenvalue weighted by molar-refractivity contribution is 5.40. The van der Waals surface area contributed by atoms with E-state index in [1.165, 1.54) is 43.7 Å². The van der Waals surface area contributed by atoms with Gasteiger partial charge in [0.15, 0.2) is 0 Å². The largest absolute Gasteiger partial charge is 0.379 e. The number of para-hydroxylation sites is 1. The zero-order valence-corrected chi connectivity index (χ0v) is 14.9. The molecule has 0 saturated carbocycles. The molecule has 2 aliphatic heterocycles. The molecular formula is C20H28N4O. The Hall–Kier alpha value is -1.69. The van der Waals surface area contributed by atoms with Crippen LogP contribution in [0.5, 0.6) is 0 Å². The molecule has 4 rings (SSSR count). The van der Waals surface area contributed by atoms with Crippen molar-refractivity contribution in [1.29, 1.82) is 0 Å². The van der Waals surface area contributed by atoms with Crippen molar-refractivity contribution in [3.63, 3.8) is 0 Å². The monoisotopic (exact) mass is 340 g/mol. The molecule has 0 N–H and O–H groups in total. The lowest BCUT2D eigenvalue weighted by Gasteiger charge is -2.37. The Bertz CT molecular complexity index is 651. The third-order valence-electron chi connectivity index (χ3n) is 5.36. The fraction of sp³-hybridized carbons (Fsp3) is 0.550. The van der Waals surface area contributed by atoms with E-state index in [2.05, 4.69) is 39.2 Å². The number of benzene rings is 1. The molecule has 2 fully saturated rings. The van der Waals surface area contributed by atoms with Gasteiger partial charge in [0.2, 0.25) is 0 Å². The molecule has 0 bridgehead atoms. The highest BCUT2D eigenvalue weighted by Crippen LogP contribution is 2.22. The Balaban J connectivity index is 1.39.